The molecule has 0 aliphatic carbocycles. The molecule has 20 heavy (non-hydrogen) atoms. The number of methoxy groups -OCH3 is 1. The number of phenols is 1. The van der Waals surface area contributed by atoms with E-state index in [0.717, 1.165) is 7.11 Å². The van der Waals surface area contributed by atoms with Gasteiger partial charge in [0.1, 0.15) is 11.8 Å². The number of halogens is 1. The Morgan fingerprint density at radius 1 is 1.40 bits per heavy atom. The zero-order valence-electron chi connectivity index (χ0n) is 10.4. The number of esters is 1. The number of aliphatic carboxylic acids is 1. The first-order chi connectivity index (χ1) is 9.35. The highest BCUT2D eigenvalue weighted by molar-refractivity contribution is 6.32. The highest BCUT2D eigenvalue weighted by Crippen LogP contribution is 2.23. The number of phenolic OH excluding ortho intramolecular Hbond substituents is 1. The van der Waals surface area contributed by atoms with Crippen LogP contribution in [0.1, 0.15) is 16.8 Å². The molecule has 8 heteroatoms. The van der Waals surface area contributed by atoms with Gasteiger partial charge >= 0.3 is 11.9 Å². The molecule has 0 bridgehead atoms. The predicted molar refractivity (Wildman–Crippen MR) is 68.6 cm³/mol. The highest BCUT2D eigenvalue weighted by atomic mass is 35.5. The van der Waals surface area contributed by atoms with Crippen molar-refractivity contribution in [1.82, 2.24) is 5.32 Å². The molecule has 0 unspecified atom stereocenters. The molecule has 0 fully saturated rings. The summed E-state index contributed by atoms with van der Waals surface area (Å²) in [6.07, 6.45) is -0.497. The van der Waals surface area contributed by atoms with Crippen LogP contribution in [-0.4, -0.2) is 41.2 Å². The zero-order valence-corrected chi connectivity index (χ0v) is 11.2. The van der Waals surface area contributed by atoms with E-state index in [4.69, 9.17) is 16.7 Å². The first-order valence-corrected chi connectivity index (χ1v) is 5.82. The summed E-state index contributed by atoms with van der Waals surface area (Å²) < 4.78 is 4.35. The highest BCUT2D eigenvalue weighted by Gasteiger charge is 2.24. The molecule has 0 aliphatic heterocycles. The van der Waals surface area contributed by atoms with Crippen molar-refractivity contribution in [2.45, 2.75) is 12.5 Å². The molecule has 0 saturated carbocycles. The largest absolute Gasteiger partial charge is 0.506 e. The van der Waals surface area contributed by atoms with Gasteiger partial charge in [0.25, 0.3) is 5.91 Å². The lowest BCUT2D eigenvalue weighted by Gasteiger charge is -2.13. The Hall–Kier alpha value is -2.28. The van der Waals surface area contributed by atoms with Crippen LogP contribution in [0, 0.1) is 0 Å². The average Bonchev–Trinajstić information content (AvgIpc) is 2.40. The van der Waals surface area contributed by atoms with Crippen LogP contribution in [0.25, 0.3) is 0 Å². The Labute approximate surface area is 119 Å². The van der Waals surface area contributed by atoms with Gasteiger partial charge in [-0.15, -0.1) is 0 Å². The van der Waals surface area contributed by atoms with E-state index in [2.05, 4.69) is 10.1 Å². The number of nitrogens with one attached hydrogen (secondary N) is 1. The summed E-state index contributed by atoms with van der Waals surface area (Å²) in [6.45, 7) is 0. The number of rotatable bonds is 5. The number of aromatic hydroxyl groups is 1. The molecule has 1 amide bonds. The van der Waals surface area contributed by atoms with Crippen molar-refractivity contribution in [2.24, 2.45) is 0 Å². The normalized spacial score (nSPS) is 11.5. The van der Waals surface area contributed by atoms with Gasteiger partial charge in [-0.25, -0.2) is 4.79 Å². The van der Waals surface area contributed by atoms with Gasteiger partial charge < -0.3 is 20.3 Å². The summed E-state index contributed by atoms with van der Waals surface area (Å²) in [5, 5.41) is 20.3. The van der Waals surface area contributed by atoms with Gasteiger partial charge in [0, 0.05) is 5.56 Å². The molecule has 0 saturated heterocycles. The second-order valence-corrected chi connectivity index (χ2v) is 4.22. The summed E-state index contributed by atoms with van der Waals surface area (Å²) in [5.41, 5.74) is 0.0592. The lowest BCUT2D eigenvalue weighted by molar-refractivity contribution is -0.147. The van der Waals surface area contributed by atoms with E-state index in [-0.39, 0.29) is 16.3 Å². The fourth-order valence-corrected chi connectivity index (χ4v) is 1.52. The number of carboxylic acids is 1. The van der Waals surface area contributed by atoms with Gasteiger partial charge in [-0.3, -0.25) is 9.59 Å². The van der Waals surface area contributed by atoms with E-state index >= 15 is 0 Å². The lowest BCUT2D eigenvalue weighted by atomic mass is 10.1. The Bertz CT molecular complexity index is 545. The van der Waals surface area contributed by atoms with Crippen molar-refractivity contribution in [2.75, 3.05) is 7.11 Å². The maximum Gasteiger partial charge on any atom is 0.326 e. The topological polar surface area (TPSA) is 113 Å². The molecule has 1 atom stereocenters. The molecule has 1 aromatic rings. The van der Waals surface area contributed by atoms with Crippen LogP contribution in [-0.2, 0) is 14.3 Å². The van der Waals surface area contributed by atoms with Gasteiger partial charge in [-0.1, -0.05) is 11.6 Å². The number of hydrogen-bond acceptors (Lipinski definition) is 5. The summed E-state index contributed by atoms with van der Waals surface area (Å²) in [5.74, 6) is -3.06. The Balaban J connectivity index is 2.82. The maximum atomic E-state index is 11.8. The van der Waals surface area contributed by atoms with Crippen LogP contribution in [0.4, 0.5) is 0 Å². The maximum absolute atomic E-state index is 11.8. The predicted octanol–water partition coefficient (Wildman–Crippen LogP) is 0.792. The van der Waals surface area contributed by atoms with E-state index in [0.29, 0.717) is 0 Å². The number of hydrogen-bond donors (Lipinski definition) is 3. The Morgan fingerprint density at radius 3 is 2.55 bits per heavy atom. The van der Waals surface area contributed by atoms with Crippen LogP contribution in [0.2, 0.25) is 5.02 Å². The van der Waals surface area contributed by atoms with E-state index < -0.39 is 30.3 Å². The third-order valence-corrected chi connectivity index (χ3v) is 2.71. The zero-order chi connectivity index (χ0) is 15.3. The fraction of sp³-hybridized carbons (Fsp3) is 0.250. The third-order valence-electron chi connectivity index (χ3n) is 2.41. The van der Waals surface area contributed by atoms with E-state index in [9.17, 15) is 19.5 Å². The molecule has 1 rings (SSSR count). The minimum Gasteiger partial charge on any atom is -0.506 e. The summed E-state index contributed by atoms with van der Waals surface area (Å²) in [6, 6.07) is 2.24. The van der Waals surface area contributed by atoms with Crippen LogP contribution in [0.3, 0.4) is 0 Å². The molecule has 0 aliphatic rings. The molecule has 0 heterocycles. The second kappa shape index (κ2) is 6.76. The van der Waals surface area contributed by atoms with Crippen molar-refractivity contribution in [3.63, 3.8) is 0 Å². The van der Waals surface area contributed by atoms with Crippen molar-refractivity contribution in [3.8, 4) is 5.75 Å². The number of benzene rings is 1. The van der Waals surface area contributed by atoms with E-state index in [1.165, 1.54) is 18.2 Å². The van der Waals surface area contributed by atoms with Crippen molar-refractivity contribution < 1.29 is 29.3 Å². The fourth-order valence-electron chi connectivity index (χ4n) is 1.34. The number of carboxylic acid groups (broad SMARTS) is 1. The molecule has 108 valence electrons. The van der Waals surface area contributed by atoms with Crippen LogP contribution in [0.5, 0.6) is 5.75 Å². The number of carbonyl (C=O) groups is 3. The summed E-state index contributed by atoms with van der Waals surface area (Å²) in [4.78, 5) is 33.8. The van der Waals surface area contributed by atoms with Gasteiger partial charge in [0.15, 0.2) is 0 Å². The van der Waals surface area contributed by atoms with Crippen molar-refractivity contribution in [3.05, 3.63) is 28.8 Å². The first-order valence-electron chi connectivity index (χ1n) is 5.44. The smallest absolute Gasteiger partial charge is 0.326 e. The van der Waals surface area contributed by atoms with Crippen LogP contribution < -0.4 is 5.32 Å². The van der Waals surface area contributed by atoms with Gasteiger partial charge in [-0.05, 0) is 18.2 Å². The molecular weight excluding hydrogens is 290 g/mol. The lowest BCUT2D eigenvalue weighted by Crippen LogP contribution is -2.42. The van der Waals surface area contributed by atoms with Gasteiger partial charge in [0.2, 0.25) is 0 Å². The second-order valence-electron chi connectivity index (χ2n) is 3.81. The minimum absolute atomic E-state index is 0.0440. The summed E-state index contributed by atoms with van der Waals surface area (Å²) in [7, 11) is 1.11. The standard InChI is InChI=1S/C12H12ClNO6/c1-20-10(16)5-8(12(18)19)14-11(17)6-2-3-9(15)7(13)4-6/h2-4,8,15H,5H2,1H3,(H,14,17)(H,18,19)/t8-/m0/s1. The van der Waals surface area contributed by atoms with Crippen molar-refractivity contribution >= 4 is 29.4 Å². The molecule has 0 aromatic heterocycles. The van der Waals surface area contributed by atoms with Gasteiger partial charge in [-0.2, -0.15) is 0 Å². The number of carbonyl (C=O) groups excluding carboxylic acids is 2. The first kappa shape index (κ1) is 15.8. The number of amides is 1. The van der Waals surface area contributed by atoms with Crippen LogP contribution >= 0.6 is 11.6 Å². The molecule has 3 N–H and O–H groups in total. The molecular formula is C12H12ClNO6. The Kier molecular flexibility index (Phi) is 5.33. The minimum atomic E-state index is -1.41. The van der Waals surface area contributed by atoms with Gasteiger partial charge in [0.05, 0.1) is 18.6 Å². The molecule has 0 spiro atoms. The van der Waals surface area contributed by atoms with E-state index in [1.807, 2.05) is 0 Å². The monoisotopic (exact) mass is 301 g/mol. The van der Waals surface area contributed by atoms with Crippen LogP contribution in [0.15, 0.2) is 18.2 Å². The van der Waals surface area contributed by atoms with E-state index in [1.54, 1.807) is 0 Å². The molecule has 7 nitrogen and oxygen atoms in total. The quantitative estimate of drug-likeness (QED) is 0.693. The third kappa shape index (κ3) is 4.13. The summed E-state index contributed by atoms with van der Waals surface area (Å²) >= 11 is 5.64. The number of ether oxygens (including phenoxy) is 1. The average molecular weight is 302 g/mol. The Morgan fingerprint density at radius 2 is 2.05 bits per heavy atom. The van der Waals surface area contributed by atoms with Crippen molar-refractivity contribution in [1.29, 1.82) is 0 Å². The molecule has 1 aromatic carbocycles. The molecule has 0 radical (unpaired) electrons. The SMILES string of the molecule is COC(=O)C[C@H](NC(=O)c1ccc(O)c(Cl)c1)C(=O)O.